The van der Waals surface area contributed by atoms with Gasteiger partial charge in [-0.2, -0.15) is 0 Å². The standard InChI is InChI=1S/C10H21NO/c1-9(2)5-7-11-10(3)6-8-12-4/h10-11H,1,5-8H2,2-4H3. The van der Waals surface area contributed by atoms with E-state index in [1.807, 2.05) is 0 Å². The molecule has 0 heterocycles. The third-order valence-electron chi connectivity index (χ3n) is 1.80. The second-order valence-electron chi connectivity index (χ2n) is 3.34. The lowest BCUT2D eigenvalue weighted by Gasteiger charge is -2.12. The largest absolute Gasteiger partial charge is 0.385 e. The molecule has 0 fully saturated rings. The van der Waals surface area contributed by atoms with Gasteiger partial charge in [0.15, 0.2) is 0 Å². The molecule has 0 aliphatic rings. The van der Waals surface area contributed by atoms with Gasteiger partial charge in [0.1, 0.15) is 0 Å². The van der Waals surface area contributed by atoms with Gasteiger partial charge in [-0.05, 0) is 33.2 Å². The zero-order chi connectivity index (χ0) is 9.40. The summed E-state index contributed by atoms with van der Waals surface area (Å²) < 4.78 is 4.98. The van der Waals surface area contributed by atoms with Crippen molar-refractivity contribution in [3.8, 4) is 0 Å². The highest BCUT2D eigenvalue weighted by Crippen LogP contribution is 1.95. The fourth-order valence-electron chi connectivity index (χ4n) is 0.929. The zero-order valence-electron chi connectivity index (χ0n) is 8.52. The van der Waals surface area contributed by atoms with Crippen LogP contribution in [0.2, 0.25) is 0 Å². The van der Waals surface area contributed by atoms with E-state index in [0.717, 1.165) is 26.0 Å². The maximum atomic E-state index is 4.98. The molecule has 0 bridgehead atoms. The maximum Gasteiger partial charge on any atom is 0.0476 e. The molecule has 0 aromatic carbocycles. The van der Waals surface area contributed by atoms with Crippen molar-refractivity contribution in [3.63, 3.8) is 0 Å². The number of nitrogens with one attached hydrogen (secondary N) is 1. The Morgan fingerprint density at radius 2 is 2.25 bits per heavy atom. The highest BCUT2D eigenvalue weighted by Gasteiger charge is 1.98. The van der Waals surface area contributed by atoms with Crippen molar-refractivity contribution in [1.29, 1.82) is 0 Å². The van der Waals surface area contributed by atoms with Crippen LogP contribution in [0.15, 0.2) is 12.2 Å². The van der Waals surface area contributed by atoms with Crippen LogP contribution in [0.25, 0.3) is 0 Å². The lowest BCUT2D eigenvalue weighted by atomic mass is 10.2. The van der Waals surface area contributed by atoms with Gasteiger partial charge >= 0.3 is 0 Å². The molecule has 0 radical (unpaired) electrons. The van der Waals surface area contributed by atoms with Crippen molar-refractivity contribution < 1.29 is 4.74 Å². The summed E-state index contributed by atoms with van der Waals surface area (Å²) in [5.74, 6) is 0. The molecule has 0 aromatic heterocycles. The second kappa shape index (κ2) is 7.32. The number of hydrogen-bond acceptors (Lipinski definition) is 2. The first kappa shape index (κ1) is 11.7. The average molecular weight is 171 g/mol. The van der Waals surface area contributed by atoms with Crippen LogP contribution in [0.5, 0.6) is 0 Å². The normalized spacial score (nSPS) is 12.9. The van der Waals surface area contributed by atoms with Crippen molar-refractivity contribution in [2.75, 3.05) is 20.3 Å². The molecule has 72 valence electrons. The van der Waals surface area contributed by atoms with E-state index in [4.69, 9.17) is 4.74 Å². The zero-order valence-corrected chi connectivity index (χ0v) is 8.52. The van der Waals surface area contributed by atoms with Crippen molar-refractivity contribution in [2.24, 2.45) is 0 Å². The number of methoxy groups -OCH3 is 1. The molecule has 1 unspecified atom stereocenters. The molecule has 0 spiro atoms. The third-order valence-corrected chi connectivity index (χ3v) is 1.80. The topological polar surface area (TPSA) is 21.3 Å². The molecule has 2 heteroatoms. The van der Waals surface area contributed by atoms with Gasteiger partial charge in [0.05, 0.1) is 0 Å². The molecule has 0 saturated carbocycles. The Bertz CT molecular complexity index is 123. The monoisotopic (exact) mass is 171 g/mol. The Morgan fingerprint density at radius 3 is 2.75 bits per heavy atom. The third kappa shape index (κ3) is 7.76. The van der Waals surface area contributed by atoms with Crippen LogP contribution in [0.3, 0.4) is 0 Å². The minimum atomic E-state index is 0.546. The minimum Gasteiger partial charge on any atom is -0.385 e. The molecular weight excluding hydrogens is 150 g/mol. The first-order valence-corrected chi connectivity index (χ1v) is 4.53. The summed E-state index contributed by atoms with van der Waals surface area (Å²) in [6.07, 6.45) is 2.14. The van der Waals surface area contributed by atoms with Crippen molar-refractivity contribution in [3.05, 3.63) is 12.2 Å². The number of rotatable bonds is 7. The molecule has 0 aliphatic carbocycles. The van der Waals surface area contributed by atoms with Gasteiger partial charge in [-0.15, -0.1) is 6.58 Å². The van der Waals surface area contributed by atoms with Crippen LogP contribution in [-0.4, -0.2) is 26.3 Å². The van der Waals surface area contributed by atoms with Gasteiger partial charge in [0.25, 0.3) is 0 Å². The second-order valence-corrected chi connectivity index (χ2v) is 3.34. The predicted octanol–water partition coefficient (Wildman–Crippen LogP) is 1.97. The molecule has 1 atom stereocenters. The van der Waals surface area contributed by atoms with Gasteiger partial charge in [0.2, 0.25) is 0 Å². The molecule has 0 amide bonds. The molecule has 0 saturated heterocycles. The van der Waals surface area contributed by atoms with Crippen LogP contribution < -0.4 is 5.32 Å². The maximum absolute atomic E-state index is 4.98. The van der Waals surface area contributed by atoms with Crippen molar-refractivity contribution in [2.45, 2.75) is 32.7 Å². The Kier molecular flexibility index (Phi) is 7.11. The summed E-state index contributed by atoms with van der Waals surface area (Å²) in [5.41, 5.74) is 1.24. The highest BCUT2D eigenvalue weighted by molar-refractivity contribution is 4.88. The molecule has 0 aliphatic heterocycles. The van der Waals surface area contributed by atoms with Crippen LogP contribution in [-0.2, 0) is 4.74 Å². The Morgan fingerprint density at radius 1 is 1.58 bits per heavy atom. The first-order chi connectivity index (χ1) is 5.66. The SMILES string of the molecule is C=C(C)CCNC(C)CCOC. The van der Waals surface area contributed by atoms with Gasteiger partial charge in [-0.3, -0.25) is 0 Å². The van der Waals surface area contributed by atoms with E-state index in [9.17, 15) is 0 Å². The van der Waals surface area contributed by atoms with E-state index in [1.54, 1.807) is 7.11 Å². The van der Waals surface area contributed by atoms with E-state index in [1.165, 1.54) is 5.57 Å². The van der Waals surface area contributed by atoms with E-state index in [0.29, 0.717) is 6.04 Å². The van der Waals surface area contributed by atoms with Crippen LogP contribution in [0, 0.1) is 0 Å². The smallest absolute Gasteiger partial charge is 0.0476 e. The quantitative estimate of drug-likeness (QED) is 0.591. The summed E-state index contributed by atoms with van der Waals surface area (Å²) in [6, 6.07) is 0.546. The minimum absolute atomic E-state index is 0.546. The molecule has 2 nitrogen and oxygen atoms in total. The average Bonchev–Trinajstić information content (AvgIpc) is 2.00. The van der Waals surface area contributed by atoms with E-state index in [2.05, 4.69) is 25.7 Å². The summed E-state index contributed by atoms with van der Waals surface area (Å²) in [4.78, 5) is 0. The lowest BCUT2D eigenvalue weighted by molar-refractivity contribution is 0.185. The summed E-state index contributed by atoms with van der Waals surface area (Å²) in [6.45, 7) is 9.95. The fourth-order valence-corrected chi connectivity index (χ4v) is 0.929. The summed E-state index contributed by atoms with van der Waals surface area (Å²) in [5, 5.41) is 3.41. The molecule has 12 heavy (non-hydrogen) atoms. The molecule has 0 aromatic rings. The number of ether oxygens (including phenoxy) is 1. The summed E-state index contributed by atoms with van der Waals surface area (Å²) >= 11 is 0. The highest BCUT2D eigenvalue weighted by atomic mass is 16.5. The Balaban J connectivity index is 3.19. The lowest BCUT2D eigenvalue weighted by Crippen LogP contribution is -2.28. The Labute approximate surface area is 76.0 Å². The fraction of sp³-hybridized carbons (Fsp3) is 0.800. The predicted molar refractivity (Wildman–Crippen MR) is 53.4 cm³/mol. The summed E-state index contributed by atoms with van der Waals surface area (Å²) in [7, 11) is 1.74. The first-order valence-electron chi connectivity index (χ1n) is 4.53. The van der Waals surface area contributed by atoms with Crippen molar-refractivity contribution >= 4 is 0 Å². The van der Waals surface area contributed by atoms with Gasteiger partial charge in [0, 0.05) is 19.8 Å². The van der Waals surface area contributed by atoms with E-state index in [-0.39, 0.29) is 0 Å². The van der Waals surface area contributed by atoms with E-state index < -0.39 is 0 Å². The van der Waals surface area contributed by atoms with Crippen LogP contribution in [0.1, 0.15) is 26.7 Å². The Hall–Kier alpha value is -0.340. The van der Waals surface area contributed by atoms with Gasteiger partial charge in [-0.1, -0.05) is 5.57 Å². The van der Waals surface area contributed by atoms with Crippen LogP contribution in [0.4, 0.5) is 0 Å². The van der Waals surface area contributed by atoms with Gasteiger partial charge < -0.3 is 10.1 Å². The van der Waals surface area contributed by atoms with Crippen molar-refractivity contribution in [1.82, 2.24) is 5.32 Å². The number of hydrogen-bond donors (Lipinski definition) is 1. The molecule has 0 rings (SSSR count). The molecular formula is C10H21NO. The van der Waals surface area contributed by atoms with E-state index >= 15 is 0 Å². The van der Waals surface area contributed by atoms with Crippen LogP contribution >= 0.6 is 0 Å². The molecule has 1 N–H and O–H groups in total. The van der Waals surface area contributed by atoms with Gasteiger partial charge in [-0.25, -0.2) is 0 Å².